The minimum absolute atomic E-state index is 0. The molecule has 0 atom stereocenters. The van der Waals surface area contributed by atoms with Gasteiger partial charge in [0, 0.05) is 12.1 Å². The number of benzene rings is 2. The Morgan fingerprint density at radius 1 is 0.667 bits per heavy atom. The molecule has 0 radical (unpaired) electrons. The molecule has 0 unspecified atom stereocenters. The normalized spacial score (nSPS) is 9.27. The van der Waals surface area contributed by atoms with Crippen LogP contribution >= 0.6 is 0 Å². The maximum absolute atomic E-state index is 10.7. The van der Waals surface area contributed by atoms with Gasteiger partial charge in [0.25, 0.3) is 22.7 Å². The van der Waals surface area contributed by atoms with Crippen LogP contribution in [0.25, 0.3) is 0 Å². The molecule has 14 nitrogen and oxygen atoms in total. The number of anilines is 2. The Balaban J connectivity index is 0.000000602. The molecule has 0 aromatic heterocycles. The third kappa shape index (κ3) is 9.58. The van der Waals surface area contributed by atoms with E-state index in [4.69, 9.17) is 0 Å². The van der Waals surface area contributed by atoms with Crippen LogP contribution in [0.2, 0.25) is 0 Å². The quantitative estimate of drug-likeness (QED) is 0.0960. The molecular formula is C14H10N6NiO8S4+2. The maximum atomic E-state index is 10.7. The van der Waals surface area contributed by atoms with Gasteiger partial charge in [-0.15, -0.1) is 0 Å². The Bertz CT molecular complexity index is 1050. The third-order valence-electron chi connectivity index (χ3n) is 3.26. The van der Waals surface area contributed by atoms with Crippen molar-refractivity contribution < 1.29 is 36.2 Å². The predicted octanol–water partition coefficient (Wildman–Crippen LogP) is 1.65. The first kappa shape index (κ1) is 30.0. The van der Waals surface area contributed by atoms with Crippen molar-refractivity contribution in [3.63, 3.8) is 0 Å². The fourth-order valence-corrected chi connectivity index (χ4v) is 2.47. The second-order valence-electron chi connectivity index (χ2n) is 5.29. The van der Waals surface area contributed by atoms with Crippen LogP contribution in [0, 0.1) is 40.5 Å². The first-order chi connectivity index (χ1) is 14.8. The minimum Gasteiger partial charge on any atom is -0.673 e. The summed E-state index contributed by atoms with van der Waals surface area (Å²) in [6.07, 6.45) is 0. The van der Waals surface area contributed by atoms with E-state index in [9.17, 15) is 40.5 Å². The van der Waals surface area contributed by atoms with E-state index < -0.39 is 31.1 Å². The standard InChI is InChI=1S/2C7H5N3O4S2.Ni/c2*11-9(12)4-1-2-5(8-7(15)16)6(3-4)10(13)14;/h2*1-3H,(H2,8,15,16);/q;;+2. The molecule has 0 aliphatic rings. The summed E-state index contributed by atoms with van der Waals surface area (Å²) in [5.74, 6) is 0. The van der Waals surface area contributed by atoms with Gasteiger partial charge < -0.3 is 35.9 Å². The molecule has 0 fully saturated rings. The van der Waals surface area contributed by atoms with Gasteiger partial charge in [-0.2, -0.15) is 0 Å². The first-order valence-corrected chi connectivity index (χ1v) is 9.40. The largest absolute Gasteiger partial charge is 2.00 e. The van der Waals surface area contributed by atoms with E-state index >= 15 is 0 Å². The Labute approximate surface area is 215 Å². The molecule has 176 valence electrons. The van der Waals surface area contributed by atoms with E-state index in [2.05, 4.69) is 60.3 Å². The van der Waals surface area contributed by atoms with Gasteiger partial charge in [0.1, 0.15) is 20.0 Å². The van der Waals surface area contributed by atoms with Gasteiger partial charge in [-0.05, 0) is 12.1 Å². The molecule has 19 heteroatoms. The first-order valence-electron chi connectivity index (χ1n) is 7.69. The molecular weight excluding hydrogens is 567 g/mol. The second kappa shape index (κ2) is 13.5. The van der Waals surface area contributed by atoms with Crippen molar-refractivity contribution in [2.24, 2.45) is 0 Å². The summed E-state index contributed by atoms with van der Waals surface area (Å²) >= 11 is 16.7. The monoisotopic (exact) mass is 576 g/mol. The summed E-state index contributed by atoms with van der Waals surface area (Å²) in [5.41, 5.74) is -1.44. The molecule has 0 saturated heterocycles. The molecule has 2 N–H and O–H groups in total. The summed E-state index contributed by atoms with van der Waals surface area (Å²) in [7, 11) is 0. The van der Waals surface area contributed by atoms with Crippen molar-refractivity contribution in [3.05, 3.63) is 76.9 Å². The van der Waals surface area contributed by atoms with Crippen LogP contribution < -0.4 is 10.6 Å². The van der Waals surface area contributed by atoms with Crippen LogP contribution in [0.5, 0.6) is 0 Å². The Morgan fingerprint density at radius 3 is 1.18 bits per heavy atom. The fraction of sp³-hybridized carbons (Fsp3) is 0. The second-order valence-corrected chi connectivity index (χ2v) is 7.61. The number of non-ortho nitro benzene ring substituents is 2. The van der Waals surface area contributed by atoms with E-state index in [1.54, 1.807) is 0 Å². The van der Waals surface area contributed by atoms with Gasteiger partial charge in [-0.25, -0.2) is 0 Å². The maximum Gasteiger partial charge on any atom is 2.00 e. The van der Waals surface area contributed by atoms with Gasteiger partial charge in [0.15, 0.2) is 24.4 Å². The zero-order chi connectivity index (χ0) is 24.6. The van der Waals surface area contributed by atoms with Crippen molar-refractivity contribution in [1.82, 2.24) is 0 Å². The van der Waals surface area contributed by atoms with Gasteiger partial charge in [-0.3, -0.25) is 40.5 Å². The average Bonchev–Trinajstić information content (AvgIpc) is 2.67. The van der Waals surface area contributed by atoms with Gasteiger partial charge in [0.05, 0.1) is 31.8 Å². The Morgan fingerprint density at radius 2 is 0.970 bits per heavy atom. The molecule has 0 bridgehead atoms. The van der Waals surface area contributed by atoms with E-state index in [0.717, 1.165) is 24.3 Å². The van der Waals surface area contributed by atoms with Crippen molar-refractivity contribution >= 4 is 92.5 Å². The molecule has 0 saturated carbocycles. The van der Waals surface area contributed by atoms with Crippen LogP contribution in [0.1, 0.15) is 0 Å². The van der Waals surface area contributed by atoms with Crippen molar-refractivity contribution in [2.45, 2.75) is 0 Å². The molecule has 0 spiro atoms. The van der Waals surface area contributed by atoms with E-state index in [1.807, 2.05) is 0 Å². The summed E-state index contributed by atoms with van der Waals surface area (Å²) in [6.45, 7) is 0. The molecule has 2 rings (SSSR count). The smallest absolute Gasteiger partial charge is 0.673 e. The van der Waals surface area contributed by atoms with Crippen molar-refractivity contribution in [1.29, 1.82) is 0 Å². The molecule has 2 aromatic carbocycles. The zero-order valence-electron chi connectivity index (χ0n) is 15.5. The Kier molecular flexibility index (Phi) is 12.3. The molecule has 0 aliphatic heterocycles. The number of rotatable bonds is 6. The molecule has 0 amide bonds. The summed E-state index contributed by atoms with van der Waals surface area (Å²) < 4.78 is 0.0777. The molecule has 2 aromatic rings. The minimum atomic E-state index is -0.735. The SMILES string of the molecule is O=[N+]([O-])c1ccc(NC([S-])=[SH+])c([N+](=O)[O-])c1.O=[N+]([O-])c1ccc(NC([S-])=[SH+])c([N+](=O)[O-])c1.[Ni+2]. The topological polar surface area (TPSA) is 197 Å². The fourth-order valence-electron chi connectivity index (χ4n) is 2.01. The molecule has 33 heavy (non-hydrogen) atoms. The summed E-state index contributed by atoms with van der Waals surface area (Å²) in [5, 5.41) is 47.1. The van der Waals surface area contributed by atoms with Gasteiger partial charge in [-0.1, -0.05) is 0 Å². The van der Waals surface area contributed by atoms with E-state index in [0.29, 0.717) is 0 Å². The summed E-state index contributed by atoms with van der Waals surface area (Å²) in [6, 6.07) is 6.41. The predicted molar refractivity (Wildman–Crippen MR) is 129 cm³/mol. The number of thiol groups is 2. The molecule has 0 heterocycles. The zero-order valence-corrected chi connectivity index (χ0v) is 20.0. The average molecular weight is 577 g/mol. The molecule has 0 aliphatic carbocycles. The number of nitrogens with zero attached hydrogens (tertiary/aromatic N) is 4. The number of nitrogens with one attached hydrogen (secondary N) is 2. The van der Waals surface area contributed by atoms with E-state index in [1.165, 1.54) is 12.1 Å². The van der Waals surface area contributed by atoms with Gasteiger partial charge in [0.2, 0.25) is 0 Å². The number of hydrogen-bond acceptors (Lipinski definition) is 10. The number of nitro groups is 4. The van der Waals surface area contributed by atoms with Crippen molar-refractivity contribution in [2.75, 3.05) is 10.6 Å². The van der Waals surface area contributed by atoms with Crippen molar-refractivity contribution in [3.8, 4) is 0 Å². The van der Waals surface area contributed by atoms with Crippen LogP contribution in [0.15, 0.2) is 36.4 Å². The van der Waals surface area contributed by atoms with E-state index in [-0.39, 0.29) is 47.9 Å². The van der Waals surface area contributed by atoms with Crippen LogP contribution in [0.3, 0.4) is 0 Å². The van der Waals surface area contributed by atoms with Gasteiger partial charge >= 0.3 is 16.5 Å². The number of hydrogen-bond donors (Lipinski definition) is 2. The summed E-state index contributed by atoms with van der Waals surface area (Å²) in [4.78, 5) is 39.3. The number of nitro benzene ring substituents is 4. The third-order valence-corrected chi connectivity index (χ3v) is 3.69. The van der Waals surface area contributed by atoms with Crippen LogP contribution in [-0.2, 0) is 66.2 Å². The van der Waals surface area contributed by atoms with Crippen LogP contribution in [-0.4, -0.2) is 28.3 Å². The Hall–Kier alpha value is -2.99. The van der Waals surface area contributed by atoms with Crippen LogP contribution in [0.4, 0.5) is 34.1 Å².